The second kappa shape index (κ2) is 6.50. The van der Waals surface area contributed by atoms with Crippen LogP contribution in [-0.4, -0.2) is 22.5 Å². The number of furan rings is 1. The Hall–Kier alpha value is -1.65. The summed E-state index contributed by atoms with van der Waals surface area (Å²) in [5.41, 5.74) is 7.37. The largest absolute Gasteiger partial charge is 0.468 e. The smallest absolute Gasteiger partial charge is 0.117 e. The zero-order valence-electron chi connectivity index (χ0n) is 11.5. The molecule has 0 aliphatic carbocycles. The zero-order chi connectivity index (χ0) is 13.7. The Morgan fingerprint density at radius 2 is 2.05 bits per heavy atom. The standard InChI is InChI=1S/C15H21N3O/c1-3-18(11-14-5-4-10-19-14)15(12(2)16)13-6-8-17-9-7-13/h4-10,12,15H,3,11,16H2,1-2H3. The summed E-state index contributed by atoms with van der Waals surface area (Å²) in [6, 6.07) is 8.16. The molecule has 4 heteroatoms. The highest BCUT2D eigenvalue weighted by molar-refractivity contribution is 5.17. The lowest BCUT2D eigenvalue weighted by atomic mass is 10.00. The maximum absolute atomic E-state index is 6.18. The van der Waals surface area contributed by atoms with Crippen LogP contribution in [0.5, 0.6) is 0 Å². The minimum Gasteiger partial charge on any atom is -0.468 e. The molecule has 2 unspecified atom stereocenters. The Kier molecular flexibility index (Phi) is 4.71. The SMILES string of the molecule is CCN(Cc1ccco1)C(c1ccncc1)C(C)N. The van der Waals surface area contributed by atoms with Crippen LogP contribution in [0.4, 0.5) is 0 Å². The van der Waals surface area contributed by atoms with Gasteiger partial charge in [0.15, 0.2) is 0 Å². The molecule has 2 aromatic heterocycles. The van der Waals surface area contributed by atoms with Crippen molar-refractivity contribution < 1.29 is 4.42 Å². The minimum atomic E-state index is 0.0392. The van der Waals surface area contributed by atoms with Gasteiger partial charge in [-0.15, -0.1) is 0 Å². The molecule has 0 aliphatic rings. The molecular weight excluding hydrogens is 238 g/mol. The fourth-order valence-electron chi connectivity index (χ4n) is 2.42. The summed E-state index contributed by atoms with van der Waals surface area (Å²) >= 11 is 0. The second-order valence-electron chi connectivity index (χ2n) is 4.73. The Balaban J connectivity index is 2.21. The van der Waals surface area contributed by atoms with E-state index < -0.39 is 0 Å². The van der Waals surface area contributed by atoms with E-state index in [9.17, 15) is 0 Å². The van der Waals surface area contributed by atoms with Crippen molar-refractivity contribution in [3.05, 3.63) is 54.2 Å². The van der Waals surface area contributed by atoms with E-state index in [2.05, 4.69) is 16.8 Å². The molecular formula is C15H21N3O. The van der Waals surface area contributed by atoms with Crippen molar-refractivity contribution in [1.82, 2.24) is 9.88 Å². The minimum absolute atomic E-state index is 0.0392. The molecule has 2 rings (SSSR count). The molecule has 0 bridgehead atoms. The van der Waals surface area contributed by atoms with Crippen LogP contribution < -0.4 is 5.73 Å². The van der Waals surface area contributed by atoms with E-state index in [4.69, 9.17) is 10.2 Å². The van der Waals surface area contributed by atoms with Gasteiger partial charge in [-0.1, -0.05) is 6.92 Å². The fraction of sp³-hybridized carbons (Fsp3) is 0.400. The maximum Gasteiger partial charge on any atom is 0.117 e. The van der Waals surface area contributed by atoms with Gasteiger partial charge in [0.2, 0.25) is 0 Å². The average Bonchev–Trinajstić information content (AvgIpc) is 2.91. The number of nitrogens with two attached hydrogens (primary N) is 1. The van der Waals surface area contributed by atoms with Crippen molar-refractivity contribution >= 4 is 0 Å². The molecule has 2 N–H and O–H groups in total. The highest BCUT2D eigenvalue weighted by atomic mass is 16.3. The Labute approximate surface area is 114 Å². The molecule has 0 fully saturated rings. The quantitative estimate of drug-likeness (QED) is 0.866. The van der Waals surface area contributed by atoms with E-state index in [1.54, 1.807) is 6.26 Å². The van der Waals surface area contributed by atoms with Crippen molar-refractivity contribution in [3.63, 3.8) is 0 Å². The van der Waals surface area contributed by atoms with Crippen molar-refractivity contribution in [3.8, 4) is 0 Å². The van der Waals surface area contributed by atoms with Crippen LogP contribution in [0, 0.1) is 0 Å². The van der Waals surface area contributed by atoms with Crippen LogP contribution in [0.15, 0.2) is 47.3 Å². The highest BCUT2D eigenvalue weighted by Gasteiger charge is 2.23. The van der Waals surface area contributed by atoms with Gasteiger partial charge in [0.05, 0.1) is 18.8 Å². The summed E-state index contributed by atoms with van der Waals surface area (Å²) in [7, 11) is 0. The van der Waals surface area contributed by atoms with Crippen LogP contribution in [-0.2, 0) is 6.54 Å². The van der Waals surface area contributed by atoms with Crippen molar-refractivity contribution in [2.75, 3.05) is 6.54 Å². The summed E-state index contributed by atoms with van der Waals surface area (Å²) in [5, 5.41) is 0. The summed E-state index contributed by atoms with van der Waals surface area (Å²) < 4.78 is 5.44. The van der Waals surface area contributed by atoms with E-state index in [0.29, 0.717) is 0 Å². The average molecular weight is 259 g/mol. The third-order valence-electron chi connectivity index (χ3n) is 3.28. The molecule has 0 spiro atoms. The lowest BCUT2D eigenvalue weighted by Crippen LogP contribution is -2.39. The first kappa shape index (κ1) is 13.8. The monoisotopic (exact) mass is 259 g/mol. The fourth-order valence-corrected chi connectivity index (χ4v) is 2.42. The van der Waals surface area contributed by atoms with Gasteiger partial charge >= 0.3 is 0 Å². The van der Waals surface area contributed by atoms with Gasteiger partial charge in [-0.25, -0.2) is 0 Å². The van der Waals surface area contributed by atoms with Crippen LogP contribution in [0.1, 0.15) is 31.2 Å². The molecule has 102 valence electrons. The maximum atomic E-state index is 6.18. The number of likely N-dealkylation sites (N-methyl/N-ethyl adjacent to an activating group) is 1. The van der Waals surface area contributed by atoms with E-state index >= 15 is 0 Å². The summed E-state index contributed by atoms with van der Waals surface area (Å²) in [4.78, 5) is 6.39. The number of rotatable bonds is 6. The Bertz CT molecular complexity index is 467. The molecule has 0 saturated heterocycles. The van der Waals surface area contributed by atoms with Gasteiger partial charge in [-0.2, -0.15) is 0 Å². The Morgan fingerprint density at radius 1 is 1.32 bits per heavy atom. The third kappa shape index (κ3) is 3.43. The predicted molar refractivity (Wildman–Crippen MR) is 75.4 cm³/mol. The first-order valence-electron chi connectivity index (χ1n) is 6.64. The summed E-state index contributed by atoms with van der Waals surface area (Å²) in [5.74, 6) is 0.960. The molecule has 0 aromatic carbocycles. The van der Waals surface area contributed by atoms with Crippen molar-refractivity contribution in [2.45, 2.75) is 32.5 Å². The topological polar surface area (TPSA) is 55.3 Å². The van der Waals surface area contributed by atoms with Gasteiger partial charge in [0.1, 0.15) is 5.76 Å². The van der Waals surface area contributed by atoms with Gasteiger partial charge in [-0.3, -0.25) is 9.88 Å². The van der Waals surface area contributed by atoms with Crippen LogP contribution >= 0.6 is 0 Å². The summed E-state index contributed by atoms with van der Waals surface area (Å²) in [6.07, 6.45) is 5.33. The van der Waals surface area contributed by atoms with Crippen LogP contribution in [0.3, 0.4) is 0 Å². The zero-order valence-corrected chi connectivity index (χ0v) is 11.5. The summed E-state index contributed by atoms with van der Waals surface area (Å²) in [6.45, 7) is 5.85. The highest BCUT2D eigenvalue weighted by Crippen LogP contribution is 2.24. The number of hydrogen-bond donors (Lipinski definition) is 1. The molecule has 2 atom stereocenters. The van der Waals surface area contributed by atoms with E-state index in [-0.39, 0.29) is 12.1 Å². The van der Waals surface area contributed by atoms with Gasteiger partial charge < -0.3 is 10.2 Å². The van der Waals surface area contributed by atoms with Gasteiger partial charge in [-0.05, 0) is 43.3 Å². The third-order valence-corrected chi connectivity index (χ3v) is 3.28. The molecule has 2 heterocycles. The number of pyridine rings is 1. The predicted octanol–water partition coefficient (Wildman–Crippen LogP) is 2.58. The van der Waals surface area contributed by atoms with Crippen molar-refractivity contribution in [1.29, 1.82) is 0 Å². The first-order chi connectivity index (χ1) is 9.22. The second-order valence-corrected chi connectivity index (χ2v) is 4.73. The molecule has 0 radical (unpaired) electrons. The van der Waals surface area contributed by atoms with Crippen LogP contribution in [0.25, 0.3) is 0 Å². The van der Waals surface area contributed by atoms with E-state index in [1.165, 1.54) is 5.56 Å². The molecule has 4 nitrogen and oxygen atoms in total. The van der Waals surface area contributed by atoms with Crippen molar-refractivity contribution in [2.24, 2.45) is 5.73 Å². The molecule has 2 aromatic rings. The lowest BCUT2D eigenvalue weighted by Gasteiger charge is -2.33. The Morgan fingerprint density at radius 3 is 2.58 bits per heavy atom. The molecule has 0 aliphatic heterocycles. The molecule has 19 heavy (non-hydrogen) atoms. The molecule has 0 amide bonds. The molecule has 0 saturated carbocycles. The van der Waals surface area contributed by atoms with E-state index in [1.807, 2.05) is 43.6 Å². The number of aromatic nitrogens is 1. The van der Waals surface area contributed by atoms with Crippen LogP contribution in [0.2, 0.25) is 0 Å². The first-order valence-corrected chi connectivity index (χ1v) is 6.64. The van der Waals surface area contributed by atoms with E-state index in [0.717, 1.165) is 18.8 Å². The number of nitrogens with zero attached hydrogens (tertiary/aromatic N) is 2. The normalized spacial score (nSPS) is 14.5. The van der Waals surface area contributed by atoms with Gasteiger partial charge in [0, 0.05) is 18.4 Å². The lowest BCUT2D eigenvalue weighted by molar-refractivity contribution is 0.164. The van der Waals surface area contributed by atoms with Gasteiger partial charge in [0.25, 0.3) is 0 Å². The number of hydrogen-bond acceptors (Lipinski definition) is 4.